The number of hydrogen-bond donors (Lipinski definition) is 0. The zero-order valence-corrected chi connectivity index (χ0v) is 14.7. The summed E-state index contributed by atoms with van der Waals surface area (Å²) in [4.78, 5) is 12.0. The molecule has 7 heteroatoms. The summed E-state index contributed by atoms with van der Waals surface area (Å²) in [5.74, 6) is 2.59. The molecule has 1 fully saturated rings. The first-order valence-electron chi connectivity index (χ1n) is 8.02. The zero-order chi connectivity index (χ0) is 16.9. The second-order valence-corrected chi connectivity index (χ2v) is 6.91. The van der Waals surface area contributed by atoms with Crippen LogP contribution in [0.1, 0.15) is 31.5 Å². The molecule has 6 nitrogen and oxygen atoms in total. The molecule has 0 N–H and O–H groups in total. The Labute approximate surface area is 145 Å². The van der Waals surface area contributed by atoms with Crippen molar-refractivity contribution >= 4 is 17.5 Å². The third-order valence-electron chi connectivity index (χ3n) is 4.10. The van der Waals surface area contributed by atoms with Crippen LogP contribution in [0.15, 0.2) is 29.4 Å². The van der Waals surface area contributed by atoms with Crippen LogP contribution in [-0.4, -0.2) is 32.9 Å². The Bertz CT molecular complexity index is 700. The fourth-order valence-corrected chi connectivity index (χ4v) is 3.74. The number of methoxy groups -OCH3 is 1. The first-order valence-corrected chi connectivity index (χ1v) is 8.90. The Morgan fingerprint density at radius 3 is 2.67 bits per heavy atom. The van der Waals surface area contributed by atoms with E-state index in [1.54, 1.807) is 7.11 Å². The number of carbonyl (C=O) groups excluding carboxylic acids is 1. The minimum atomic E-state index is 0.0111. The molecule has 0 aliphatic heterocycles. The largest absolute Gasteiger partial charge is 0.497 e. The van der Waals surface area contributed by atoms with Gasteiger partial charge in [0.1, 0.15) is 23.9 Å². The lowest BCUT2D eigenvalue weighted by atomic mass is 9.99. The van der Waals surface area contributed by atoms with Crippen LogP contribution in [0.2, 0.25) is 0 Å². The van der Waals surface area contributed by atoms with Crippen molar-refractivity contribution in [2.75, 3.05) is 7.11 Å². The first kappa shape index (κ1) is 16.8. The van der Waals surface area contributed by atoms with Gasteiger partial charge in [0, 0.05) is 13.5 Å². The Balaban J connectivity index is 1.60. The van der Waals surface area contributed by atoms with Crippen molar-refractivity contribution in [1.29, 1.82) is 0 Å². The van der Waals surface area contributed by atoms with Crippen LogP contribution >= 0.6 is 11.8 Å². The van der Waals surface area contributed by atoms with Gasteiger partial charge < -0.3 is 14.0 Å². The lowest BCUT2D eigenvalue weighted by Gasteiger charge is -2.19. The Morgan fingerprint density at radius 1 is 1.21 bits per heavy atom. The Morgan fingerprint density at radius 2 is 1.96 bits per heavy atom. The summed E-state index contributed by atoms with van der Waals surface area (Å²) in [5, 5.41) is 9.17. The van der Waals surface area contributed by atoms with E-state index in [0.29, 0.717) is 18.8 Å². The van der Waals surface area contributed by atoms with Crippen LogP contribution in [0, 0.1) is 0 Å². The Kier molecular flexibility index (Phi) is 5.40. The summed E-state index contributed by atoms with van der Waals surface area (Å²) in [6.07, 6.45) is 3.72. The minimum Gasteiger partial charge on any atom is -0.497 e. The molecule has 1 aliphatic carbocycles. The van der Waals surface area contributed by atoms with E-state index in [4.69, 9.17) is 9.47 Å². The van der Waals surface area contributed by atoms with Gasteiger partial charge in [-0.2, -0.15) is 0 Å². The number of ether oxygens (including phenoxy) is 2. The summed E-state index contributed by atoms with van der Waals surface area (Å²) in [6.45, 7) is 0.328. The summed E-state index contributed by atoms with van der Waals surface area (Å²) >= 11 is 1.51. The lowest BCUT2D eigenvalue weighted by molar-refractivity contribution is -0.119. The quantitative estimate of drug-likeness (QED) is 0.800. The van der Waals surface area contributed by atoms with Gasteiger partial charge in [-0.1, -0.05) is 18.2 Å². The number of rotatable bonds is 6. The fraction of sp³-hybridized carbons (Fsp3) is 0.471. The lowest BCUT2D eigenvalue weighted by Crippen LogP contribution is -2.21. The zero-order valence-electron chi connectivity index (χ0n) is 13.9. The molecule has 1 aliphatic rings. The number of ketones is 1. The van der Waals surface area contributed by atoms with E-state index in [9.17, 15) is 4.79 Å². The molecule has 0 spiro atoms. The maximum atomic E-state index is 12.0. The molecule has 24 heavy (non-hydrogen) atoms. The first-order chi connectivity index (χ1) is 11.7. The summed E-state index contributed by atoms with van der Waals surface area (Å²) in [6, 6.07) is 7.40. The molecule has 1 aromatic carbocycles. The highest BCUT2D eigenvalue weighted by molar-refractivity contribution is 8.00. The molecule has 3 rings (SSSR count). The number of aromatic nitrogens is 3. The van der Waals surface area contributed by atoms with Crippen LogP contribution in [0.3, 0.4) is 0 Å². The van der Waals surface area contributed by atoms with Crippen molar-refractivity contribution in [3.05, 3.63) is 30.1 Å². The third-order valence-corrected chi connectivity index (χ3v) is 5.45. The number of nitrogens with zero attached hydrogens (tertiary/aromatic N) is 3. The van der Waals surface area contributed by atoms with Gasteiger partial charge >= 0.3 is 0 Å². The van der Waals surface area contributed by atoms with Crippen molar-refractivity contribution < 1.29 is 14.3 Å². The summed E-state index contributed by atoms with van der Waals surface area (Å²) in [7, 11) is 3.54. The van der Waals surface area contributed by atoms with Crippen LogP contribution in [0.25, 0.3) is 0 Å². The van der Waals surface area contributed by atoms with Gasteiger partial charge in [-0.3, -0.25) is 4.79 Å². The van der Waals surface area contributed by atoms with Crippen LogP contribution in [-0.2, 0) is 18.4 Å². The van der Waals surface area contributed by atoms with Crippen molar-refractivity contribution in [3.8, 4) is 11.5 Å². The fourth-order valence-electron chi connectivity index (χ4n) is 2.60. The van der Waals surface area contributed by atoms with E-state index < -0.39 is 0 Å². The minimum absolute atomic E-state index is 0.0111. The SMILES string of the molecule is COc1ccc(OCc2nnc(SC3CCCCC3=O)n2C)cc1. The topological polar surface area (TPSA) is 66.2 Å². The van der Waals surface area contributed by atoms with Gasteiger partial charge in [0.15, 0.2) is 11.0 Å². The smallest absolute Gasteiger partial charge is 0.191 e. The van der Waals surface area contributed by atoms with E-state index in [1.807, 2.05) is 35.9 Å². The second kappa shape index (κ2) is 7.70. The molecule has 1 saturated carbocycles. The van der Waals surface area contributed by atoms with Crippen molar-refractivity contribution in [3.63, 3.8) is 0 Å². The molecule has 1 unspecified atom stereocenters. The van der Waals surface area contributed by atoms with E-state index in [0.717, 1.165) is 41.7 Å². The molecule has 0 amide bonds. The third kappa shape index (κ3) is 3.90. The van der Waals surface area contributed by atoms with Gasteiger partial charge in [-0.15, -0.1) is 10.2 Å². The van der Waals surface area contributed by atoms with E-state index in [1.165, 1.54) is 11.8 Å². The number of Topliss-reactive ketones (excluding diaryl/α,β-unsaturated/α-hetero) is 1. The molecule has 1 aromatic heterocycles. The van der Waals surface area contributed by atoms with E-state index >= 15 is 0 Å². The maximum absolute atomic E-state index is 12.0. The number of thioether (sulfide) groups is 1. The maximum Gasteiger partial charge on any atom is 0.191 e. The second-order valence-electron chi connectivity index (χ2n) is 5.74. The molecule has 0 radical (unpaired) electrons. The molecule has 1 heterocycles. The van der Waals surface area contributed by atoms with Crippen LogP contribution < -0.4 is 9.47 Å². The molecule has 128 valence electrons. The number of carbonyl (C=O) groups is 1. The predicted molar refractivity (Wildman–Crippen MR) is 91.4 cm³/mol. The van der Waals surface area contributed by atoms with Crippen molar-refractivity contribution in [2.24, 2.45) is 7.05 Å². The average molecular weight is 347 g/mol. The molecule has 2 aromatic rings. The van der Waals surface area contributed by atoms with Gasteiger partial charge in [0.25, 0.3) is 0 Å². The Hall–Kier alpha value is -2.02. The summed E-state index contributed by atoms with van der Waals surface area (Å²) < 4.78 is 12.8. The summed E-state index contributed by atoms with van der Waals surface area (Å²) in [5.41, 5.74) is 0. The molecule has 0 bridgehead atoms. The van der Waals surface area contributed by atoms with Gasteiger partial charge in [-0.25, -0.2) is 0 Å². The highest BCUT2D eigenvalue weighted by Gasteiger charge is 2.25. The van der Waals surface area contributed by atoms with E-state index in [-0.39, 0.29) is 5.25 Å². The molecular formula is C17H21N3O3S. The van der Waals surface area contributed by atoms with E-state index in [2.05, 4.69) is 10.2 Å². The van der Waals surface area contributed by atoms with Crippen LogP contribution in [0.4, 0.5) is 0 Å². The highest BCUT2D eigenvalue weighted by Crippen LogP contribution is 2.30. The number of benzene rings is 1. The normalized spacial score (nSPS) is 17.8. The van der Waals surface area contributed by atoms with Crippen molar-refractivity contribution in [2.45, 2.75) is 42.7 Å². The molecule has 1 atom stereocenters. The highest BCUT2D eigenvalue weighted by atomic mass is 32.2. The monoisotopic (exact) mass is 347 g/mol. The predicted octanol–water partition coefficient (Wildman–Crippen LogP) is 3.01. The van der Waals surface area contributed by atoms with Gasteiger partial charge in [0.2, 0.25) is 0 Å². The standard InChI is InChI=1S/C17H21N3O3S/c1-20-16(11-23-13-9-7-12(22-2)8-10-13)18-19-17(20)24-15-6-4-3-5-14(15)21/h7-10,15H,3-6,11H2,1-2H3. The molecular weight excluding hydrogens is 326 g/mol. The van der Waals surface area contributed by atoms with Gasteiger partial charge in [0.05, 0.1) is 12.4 Å². The van der Waals surface area contributed by atoms with Gasteiger partial charge in [-0.05, 0) is 37.1 Å². The number of hydrogen-bond acceptors (Lipinski definition) is 6. The molecule has 0 saturated heterocycles. The average Bonchev–Trinajstić information content (AvgIpc) is 2.95. The van der Waals surface area contributed by atoms with Crippen LogP contribution in [0.5, 0.6) is 11.5 Å². The van der Waals surface area contributed by atoms with Crippen molar-refractivity contribution in [1.82, 2.24) is 14.8 Å².